The van der Waals surface area contributed by atoms with Gasteiger partial charge >= 0.3 is 5.63 Å². The summed E-state index contributed by atoms with van der Waals surface area (Å²) >= 11 is 0. The van der Waals surface area contributed by atoms with Crippen LogP contribution in [-0.2, 0) is 0 Å². The molecule has 0 N–H and O–H groups in total. The molecule has 0 fully saturated rings. The molecule has 0 radical (unpaired) electrons. The van der Waals surface area contributed by atoms with Crippen LogP contribution in [0.3, 0.4) is 0 Å². The lowest BCUT2D eigenvalue weighted by Gasteiger charge is -2.13. The minimum absolute atomic E-state index is 0.346. The summed E-state index contributed by atoms with van der Waals surface area (Å²) in [6.45, 7) is 8.40. The summed E-state index contributed by atoms with van der Waals surface area (Å²) in [6.07, 6.45) is 0. The molecule has 1 aromatic heterocycles. The van der Waals surface area contributed by atoms with E-state index in [4.69, 9.17) is 4.42 Å². The topological polar surface area (TPSA) is 33.5 Å². The number of aryl methyl sites for hydroxylation is 1. The van der Waals surface area contributed by atoms with Crippen LogP contribution in [0.1, 0.15) is 11.1 Å². The van der Waals surface area contributed by atoms with Gasteiger partial charge in [0, 0.05) is 31.2 Å². The van der Waals surface area contributed by atoms with E-state index in [1.165, 1.54) is 0 Å². The molecular weight excluding hydrogens is 278 g/mol. The van der Waals surface area contributed by atoms with Gasteiger partial charge in [0.05, 0.1) is 0 Å². The zero-order valence-electron chi connectivity index (χ0n) is 13.5. The third kappa shape index (κ3) is 3.37. The van der Waals surface area contributed by atoms with Crippen LogP contribution >= 0.6 is 0 Å². The molecule has 0 spiro atoms. The Morgan fingerprint density at radius 1 is 1.19 bits per heavy atom. The Kier molecular flexibility index (Phi) is 3.97. The van der Waals surface area contributed by atoms with Crippen LogP contribution in [0.5, 0.6) is 0 Å². The molecule has 3 nitrogen and oxygen atoms in total. The molecule has 0 aliphatic carbocycles. The van der Waals surface area contributed by atoms with Crippen LogP contribution in [0, 0.1) is 18.4 Å². The van der Waals surface area contributed by atoms with Crippen LogP contribution in [-0.4, -0.2) is 22.2 Å². The highest BCUT2D eigenvalue weighted by atomic mass is 28.3. The molecule has 0 aliphatic heterocycles. The molecule has 4 heteroatoms. The molecule has 0 saturated heterocycles. The molecule has 21 heavy (non-hydrogen) atoms. The lowest BCUT2D eigenvalue weighted by Crippen LogP contribution is -2.17. The number of hydrogen-bond donors (Lipinski definition) is 0. The first-order chi connectivity index (χ1) is 9.69. The van der Waals surface area contributed by atoms with Gasteiger partial charge < -0.3 is 9.32 Å². The van der Waals surface area contributed by atoms with Gasteiger partial charge in [0.2, 0.25) is 0 Å². The van der Waals surface area contributed by atoms with Crippen LogP contribution in [0.15, 0.2) is 27.4 Å². The van der Waals surface area contributed by atoms with Crippen molar-refractivity contribution >= 4 is 24.7 Å². The van der Waals surface area contributed by atoms with E-state index in [2.05, 4.69) is 31.1 Å². The van der Waals surface area contributed by atoms with E-state index >= 15 is 0 Å². The second-order valence-corrected chi connectivity index (χ2v) is 11.2. The Morgan fingerprint density at radius 2 is 1.86 bits per heavy atom. The Balaban J connectivity index is 2.68. The van der Waals surface area contributed by atoms with Gasteiger partial charge in [0.25, 0.3) is 0 Å². The Bertz CT molecular complexity index is 802. The molecule has 0 aliphatic rings. The highest BCUT2D eigenvalue weighted by Crippen LogP contribution is 2.23. The third-order valence-corrected chi connectivity index (χ3v) is 4.10. The quantitative estimate of drug-likeness (QED) is 0.460. The molecule has 0 unspecified atom stereocenters. The normalized spacial score (nSPS) is 11.1. The predicted octanol–water partition coefficient (Wildman–Crippen LogP) is 3.40. The monoisotopic (exact) mass is 299 g/mol. The maximum Gasteiger partial charge on any atom is 0.352 e. The van der Waals surface area contributed by atoms with Crippen molar-refractivity contribution in [3.05, 3.63) is 39.7 Å². The Labute approximate surface area is 126 Å². The van der Waals surface area contributed by atoms with Crippen LogP contribution in [0.25, 0.3) is 11.0 Å². The van der Waals surface area contributed by atoms with Crippen molar-refractivity contribution in [1.82, 2.24) is 0 Å². The van der Waals surface area contributed by atoms with Crippen molar-refractivity contribution in [2.24, 2.45) is 0 Å². The number of benzene rings is 1. The van der Waals surface area contributed by atoms with Crippen LogP contribution < -0.4 is 10.5 Å². The second kappa shape index (κ2) is 5.42. The summed E-state index contributed by atoms with van der Waals surface area (Å²) in [6, 6.07) is 5.90. The van der Waals surface area contributed by atoms with Gasteiger partial charge in [-0.15, -0.1) is 5.54 Å². The molecule has 0 amide bonds. The molecule has 0 saturated carbocycles. The molecule has 1 heterocycles. The lowest BCUT2D eigenvalue weighted by atomic mass is 10.1. The maximum absolute atomic E-state index is 12.2. The van der Waals surface area contributed by atoms with Gasteiger partial charge in [-0.1, -0.05) is 25.6 Å². The molecule has 0 bridgehead atoms. The fourth-order valence-electron chi connectivity index (χ4n) is 2.02. The Morgan fingerprint density at radius 3 is 2.43 bits per heavy atom. The smallest absolute Gasteiger partial charge is 0.352 e. The average molecular weight is 299 g/mol. The summed E-state index contributed by atoms with van der Waals surface area (Å²) in [7, 11) is 2.39. The van der Waals surface area contributed by atoms with Gasteiger partial charge in [-0.25, -0.2) is 4.79 Å². The highest BCUT2D eigenvalue weighted by molar-refractivity contribution is 6.83. The summed E-state index contributed by atoms with van der Waals surface area (Å²) in [5.74, 6) is 3.05. The number of hydrogen-bond acceptors (Lipinski definition) is 3. The van der Waals surface area contributed by atoms with Gasteiger partial charge in [-0.3, -0.25) is 0 Å². The zero-order chi connectivity index (χ0) is 15.8. The fourth-order valence-corrected chi connectivity index (χ4v) is 2.52. The van der Waals surface area contributed by atoms with E-state index in [9.17, 15) is 4.79 Å². The van der Waals surface area contributed by atoms with E-state index < -0.39 is 8.07 Å². The van der Waals surface area contributed by atoms with Gasteiger partial charge in [0.15, 0.2) is 0 Å². The molecule has 2 aromatic rings. The molecule has 0 atom stereocenters. The van der Waals surface area contributed by atoms with Crippen LogP contribution in [0.2, 0.25) is 19.6 Å². The Hall–Kier alpha value is -1.99. The minimum Gasteiger partial charge on any atom is -0.422 e. The summed E-state index contributed by atoms with van der Waals surface area (Å²) in [4.78, 5) is 14.2. The van der Waals surface area contributed by atoms with Crippen molar-refractivity contribution in [1.29, 1.82) is 0 Å². The minimum atomic E-state index is -1.53. The van der Waals surface area contributed by atoms with Gasteiger partial charge in [-0.05, 0) is 24.6 Å². The lowest BCUT2D eigenvalue weighted by molar-refractivity contribution is 0.557. The number of fused-ring (bicyclic) bond motifs is 1. The van der Waals surface area contributed by atoms with E-state index in [-0.39, 0.29) is 5.63 Å². The second-order valence-electron chi connectivity index (χ2n) is 6.46. The largest absolute Gasteiger partial charge is 0.422 e. The van der Waals surface area contributed by atoms with Crippen molar-refractivity contribution in [2.45, 2.75) is 26.6 Å². The number of rotatable bonds is 1. The van der Waals surface area contributed by atoms with Gasteiger partial charge in [0.1, 0.15) is 19.2 Å². The first-order valence-electron chi connectivity index (χ1n) is 6.97. The zero-order valence-corrected chi connectivity index (χ0v) is 14.5. The van der Waals surface area contributed by atoms with E-state index in [1.54, 1.807) is 0 Å². The van der Waals surface area contributed by atoms with E-state index in [0.29, 0.717) is 11.1 Å². The summed E-state index contributed by atoms with van der Waals surface area (Å²) < 4.78 is 5.46. The molecule has 110 valence electrons. The van der Waals surface area contributed by atoms with Crippen LogP contribution in [0.4, 0.5) is 5.69 Å². The van der Waals surface area contributed by atoms with E-state index in [1.807, 2.05) is 44.1 Å². The highest BCUT2D eigenvalue weighted by Gasteiger charge is 2.12. The molecular formula is C17H21NO2Si. The fraction of sp³-hybridized carbons (Fsp3) is 0.353. The SMILES string of the molecule is Cc1c(C#C[Si](C)(C)C)c(=O)oc2cc(N(C)C)ccc12. The molecule has 2 rings (SSSR count). The number of anilines is 1. The predicted molar refractivity (Wildman–Crippen MR) is 91.8 cm³/mol. The first kappa shape index (κ1) is 15.4. The standard InChI is InChI=1S/C17H21NO2Si/c1-12-14-8-7-13(18(2)3)11-16(14)20-17(19)15(12)9-10-21(4,5)6/h7-8,11H,1-6H3. The molecule has 1 aromatic carbocycles. The van der Waals surface area contributed by atoms with Crippen molar-refractivity contribution < 1.29 is 4.42 Å². The maximum atomic E-state index is 12.2. The summed E-state index contributed by atoms with van der Waals surface area (Å²) in [5, 5.41) is 0.945. The summed E-state index contributed by atoms with van der Waals surface area (Å²) in [5.41, 5.74) is 5.90. The van der Waals surface area contributed by atoms with Gasteiger partial charge in [-0.2, -0.15) is 0 Å². The van der Waals surface area contributed by atoms with E-state index in [0.717, 1.165) is 16.6 Å². The van der Waals surface area contributed by atoms with Crippen molar-refractivity contribution in [3.8, 4) is 11.5 Å². The number of nitrogens with zero attached hydrogens (tertiary/aromatic N) is 1. The first-order valence-corrected chi connectivity index (χ1v) is 10.5. The average Bonchev–Trinajstić information content (AvgIpc) is 2.36. The van der Waals surface area contributed by atoms with Crippen molar-refractivity contribution in [3.63, 3.8) is 0 Å². The van der Waals surface area contributed by atoms with Crippen molar-refractivity contribution in [2.75, 3.05) is 19.0 Å². The third-order valence-electron chi connectivity index (χ3n) is 3.23.